The average Bonchev–Trinajstić information content (AvgIpc) is 3.04. The van der Waals surface area contributed by atoms with E-state index in [1.54, 1.807) is 11.3 Å². The standard InChI is InChI=1S/C20H27N3OS/c1-3-18-6-4-5-11-23(18)13-17-14-25-20(22-17)12-19(24)21-16-9-7-15(2)8-10-16/h7-10,14,18H,3-6,11-13H2,1-2H3,(H,21,24). The molecule has 0 spiro atoms. The van der Waals surface area contributed by atoms with Gasteiger partial charge >= 0.3 is 0 Å². The molecule has 1 fully saturated rings. The number of hydrogen-bond donors (Lipinski definition) is 1. The number of anilines is 1. The van der Waals surface area contributed by atoms with Gasteiger partial charge in [-0.15, -0.1) is 11.3 Å². The molecule has 2 heterocycles. The van der Waals surface area contributed by atoms with E-state index in [4.69, 9.17) is 0 Å². The van der Waals surface area contributed by atoms with Crippen LogP contribution in [-0.2, 0) is 17.8 Å². The molecule has 1 unspecified atom stereocenters. The molecule has 0 bridgehead atoms. The molecular weight excluding hydrogens is 330 g/mol. The fraction of sp³-hybridized carbons (Fsp3) is 0.500. The van der Waals surface area contributed by atoms with Crippen LogP contribution in [-0.4, -0.2) is 28.4 Å². The largest absolute Gasteiger partial charge is 0.326 e. The summed E-state index contributed by atoms with van der Waals surface area (Å²) >= 11 is 1.59. The van der Waals surface area contributed by atoms with E-state index in [0.717, 1.165) is 22.9 Å². The number of piperidine rings is 1. The summed E-state index contributed by atoms with van der Waals surface area (Å²) in [4.78, 5) is 19.4. The van der Waals surface area contributed by atoms with Crippen LogP contribution in [0.2, 0.25) is 0 Å². The highest BCUT2D eigenvalue weighted by atomic mass is 32.1. The first-order valence-corrected chi connectivity index (χ1v) is 10.1. The van der Waals surface area contributed by atoms with Crippen molar-refractivity contribution in [2.24, 2.45) is 0 Å². The van der Waals surface area contributed by atoms with Crippen LogP contribution in [0.1, 0.15) is 48.9 Å². The quantitative estimate of drug-likeness (QED) is 0.833. The summed E-state index contributed by atoms with van der Waals surface area (Å²) in [6.07, 6.45) is 5.47. The smallest absolute Gasteiger partial charge is 0.231 e. The van der Waals surface area contributed by atoms with Crippen LogP contribution in [0, 0.1) is 6.92 Å². The molecular formula is C20H27N3OS. The van der Waals surface area contributed by atoms with Gasteiger partial charge in [-0.25, -0.2) is 4.98 Å². The lowest BCUT2D eigenvalue weighted by Gasteiger charge is -2.34. The number of carbonyl (C=O) groups is 1. The van der Waals surface area contributed by atoms with Crippen molar-refractivity contribution in [2.75, 3.05) is 11.9 Å². The zero-order valence-corrected chi connectivity index (χ0v) is 15.9. The Bertz CT molecular complexity index is 695. The monoisotopic (exact) mass is 357 g/mol. The van der Waals surface area contributed by atoms with Crippen molar-refractivity contribution in [2.45, 2.75) is 58.5 Å². The number of aryl methyl sites for hydroxylation is 1. The molecule has 4 nitrogen and oxygen atoms in total. The highest BCUT2D eigenvalue weighted by Gasteiger charge is 2.21. The molecule has 5 heteroatoms. The second kappa shape index (κ2) is 8.59. The molecule has 134 valence electrons. The first-order valence-electron chi connectivity index (χ1n) is 9.18. The lowest BCUT2D eigenvalue weighted by atomic mass is 10.00. The van der Waals surface area contributed by atoms with Crippen LogP contribution in [0.25, 0.3) is 0 Å². The fourth-order valence-electron chi connectivity index (χ4n) is 3.42. The Labute approximate surface area is 154 Å². The van der Waals surface area contributed by atoms with Gasteiger partial charge < -0.3 is 5.32 Å². The molecule has 1 saturated heterocycles. The molecule has 0 aliphatic carbocycles. The van der Waals surface area contributed by atoms with Crippen molar-refractivity contribution in [1.29, 1.82) is 0 Å². The van der Waals surface area contributed by atoms with Gasteiger partial charge in [0, 0.05) is 23.7 Å². The summed E-state index contributed by atoms with van der Waals surface area (Å²) < 4.78 is 0. The summed E-state index contributed by atoms with van der Waals surface area (Å²) in [5.74, 6) is -0.00541. The normalized spacial score (nSPS) is 18.2. The van der Waals surface area contributed by atoms with E-state index in [9.17, 15) is 4.79 Å². The van der Waals surface area contributed by atoms with Gasteiger partial charge in [0.05, 0.1) is 12.1 Å². The summed E-state index contributed by atoms with van der Waals surface area (Å²) in [5.41, 5.74) is 3.13. The first-order chi connectivity index (χ1) is 12.1. The van der Waals surface area contributed by atoms with Crippen LogP contribution in [0.15, 0.2) is 29.6 Å². The maximum atomic E-state index is 12.2. The van der Waals surface area contributed by atoms with Crippen molar-refractivity contribution in [3.63, 3.8) is 0 Å². The maximum Gasteiger partial charge on any atom is 0.231 e. The van der Waals surface area contributed by atoms with Gasteiger partial charge in [-0.3, -0.25) is 9.69 Å². The second-order valence-electron chi connectivity index (χ2n) is 6.85. The Hall–Kier alpha value is -1.72. The number of benzene rings is 1. The third-order valence-corrected chi connectivity index (χ3v) is 5.73. The minimum absolute atomic E-state index is 0.00541. The second-order valence-corrected chi connectivity index (χ2v) is 7.79. The zero-order chi connectivity index (χ0) is 17.6. The Balaban J connectivity index is 1.54. The maximum absolute atomic E-state index is 12.2. The molecule has 1 atom stereocenters. The van der Waals surface area contributed by atoms with Crippen LogP contribution in [0.4, 0.5) is 5.69 Å². The number of aromatic nitrogens is 1. The van der Waals surface area contributed by atoms with E-state index in [0.29, 0.717) is 12.5 Å². The Morgan fingerprint density at radius 1 is 1.32 bits per heavy atom. The number of carbonyl (C=O) groups excluding carboxylic acids is 1. The number of nitrogens with zero attached hydrogens (tertiary/aromatic N) is 2. The Morgan fingerprint density at radius 2 is 2.12 bits per heavy atom. The fourth-order valence-corrected chi connectivity index (χ4v) is 4.20. The predicted octanol–water partition coefficient (Wildman–Crippen LogP) is 4.40. The first kappa shape index (κ1) is 18.1. The van der Waals surface area contributed by atoms with Crippen LogP contribution in [0.5, 0.6) is 0 Å². The van der Waals surface area contributed by atoms with Gasteiger partial charge in [-0.05, 0) is 44.9 Å². The number of hydrogen-bond acceptors (Lipinski definition) is 4. The van der Waals surface area contributed by atoms with Gasteiger partial charge in [0.25, 0.3) is 0 Å². The van der Waals surface area contributed by atoms with Crippen molar-refractivity contribution >= 4 is 22.9 Å². The number of rotatable bonds is 6. The summed E-state index contributed by atoms with van der Waals surface area (Å²) in [6.45, 7) is 6.38. The molecule has 1 aromatic heterocycles. The van der Waals surface area contributed by atoms with E-state index >= 15 is 0 Å². The van der Waals surface area contributed by atoms with E-state index in [1.165, 1.54) is 37.8 Å². The molecule has 0 radical (unpaired) electrons. The lowest BCUT2D eigenvalue weighted by molar-refractivity contribution is -0.115. The molecule has 0 saturated carbocycles. The summed E-state index contributed by atoms with van der Waals surface area (Å²) in [6, 6.07) is 8.55. The van der Waals surface area contributed by atoms with Crippen LogP contribution < -0.4 is 5.32 Å². The highest BCUT2D eigenvalue weighted by molar-refractivity contribution is 7.09. The van der Waals surface area contributed by atoms with Crippen LogP contribution in [0.3, 0.4) is 0 Å². The minimum Gasteiger partial charge on any atom is -0.326 e. The molecule has 3 rings (SSSR count). The van der Waals surface area contributed by atoms with Crippen molar-refractivity contribution in [3.05, 3.63) is 45.9 Å². The van der Waals surface area contributed by atoms with E-state index < -0.39 is 0 Å². The van der Waals surface area contributed by atoms with Crippen LogP contribution >= 0.6 is 11.3 Å². The molecule has 1 aliphatic rings. The third-order valence-electron chi connectivity index (χ3n) is 4.83. The molecule has 2 aromatic rings. The molecule has 1 amide bonds. The third kappa shape index (κ3) is 5.13. The lowest BCUT2D eigenvalue weighted by Crippen LogP contribution is -2.38. The highest BCUT2D eigenvalue weighted by Crippen LogP contribution is 2.22. The molecule has 1 aliphatic heterocycles. The summed E-state index contributed by atoms with van der Waals surface area (Å²) in [7, 11) is 0. The van der Waals surface area contributed by atoms with Crippen molar-refractivity contribution in [1.82, 2.24) is 9.88 Å². The number of likely N-dealkylation sites (tertiary alicyclic amines) is 1. The number of amides is 1. The molecule has 25 heavy (non-hydrogen) atoms. The van der Waals surface area contributed by atoms with Gasteiger partial charge in [-0.1, -0.05) is 31.0 Å². The van der Waals surface area contributed by atoms with E-state index in [1.807, 2.05) is 31.2 Å². The Morgan fingerprint density at radius 3 is 2.88 bits per heavy atom. The van der Waals surface area contributed by atoms with E-state index in [-0.39, 0.29) is 5.91 Å². The Kier molecular flexibility index (Phi) is 6.21. The van der Waals surface area contributed by atoms with Gasteiger partial charge in [-0.2, -0.15) is 0 Å². The van der Waals surface area contributed by atoms with Gasteiger partial charge in [0.2, 0.25) is 5.91 Å². The van der Waals surface area contributed by atoms with Gasteiger partial charge in [0.1, 0.15) is 5.01 Å². The predicted molar refractivity (Wildman–Crippen MR) is 104 cm³/mol. The summed E-state index contributed by atoms with van der Waals surface area (Å²) in [5, 5.41) is 5.94. The molecule has 1 N–H and O–H groups in total. The SMILES string of the molecule is CCC1CCCCN1Cc1csc(CC(=O)Nc2ccc(C)cc2)n1. The van der Waals surface area contributed by atoms with Crippen molar-refractivity contribution < 1.29 is 4.79 Å². The average molecular weight is 358 g/mol. The van der Waals surface area contributed by atoms with Gasteiger partial charge in [0.15, 0.2) is 0 Å². The van der Waals surface area contributed by atoms with Crippen molar-refractivity contribution in [3.8, 4) is 0 Å². The van der Waals surface area contributed by atoms with E-state index in [2.05, 4.69) is 27.5 Å². The minimum atomic E-state index is -0.00541. The molecule has 1 aromatic carbocycles. The number of thiazole rings is 1. The zero-order valence-electron chi connectivity index (χ0n) is 15.1. The topological polar surface area (TPSA) is 45.2 Å². The number of nitrogens with one attached hydrogen (secondary N) is 1.